The fourth-order valence-corrected chi connectivity index (χ4v) is 6.22. The predicted molar refractivity (Wildman–Crippen MR) is 124 cm³/mol. The summed E-state index contributed by atoms with van der Waals surface area (Å²) in [4.78, 5) is 5.92. The van der Waals surface area contributed by atoms with Gasteiger partial charge in [0.15, 0.2) is 5.95 Å². The molecule has 14 nitrogen and oxygen atoms in total. The maximum absolute atomic E-state index is 13.1. The van der Waals surface area contributed by atoms with Crippen molar-refractivity contribution >= 4 is 37.0 Å². The molecule has 0 radical (unpaired) electrons. The molecule has 0 aliphatic rings. The molecule has 0 saturated heterocycles. The fourth-order valence-electron chi connectivity index (χ4n) is 3.45. The van der Waals surface area contributed by atoms with Crippen molar-refractivity contribution in [1.29, 1.82) is 0 Å². The molecule has 0 aliphatic heterocycles. The van der Waals surface area contributed by atoms with Crippen LogP contribution in [0, 0.1) is 5.92 Å². The molecule has 4 rings (SSSR count). The number of nitrogens with one attached hydrogen (secondary N) is 3. The van der Waals surface area contributed by atoms with Gasteiger partial charge in [0.25, 0.3) is 0 Å². The molecule has 2 aromatic heterocycles. The van der Waals surface area contributed by atoms with Crippen LogP contribution < -0.4 is 21.3 Å². The molecular formula is C18H22N10O4S2. The van der Waals surface area contributed by atoms with E-state index in [4.69, 9.17) is 16.6 Å². The SMILES string of the molecule is C[C@@H](CN)CNS(=O)(=O)c1ccc(-c2cccc3[nH]c(N)nc23)c(-c2nn[nH]n2)c1S(N)(=O)=O. The standard InChI is InChI=1S/C18H22N10O4S2/c1-9(7-19)8-22-34(31,32)13-6-5-10(11-3-2-4-12-15(11)24-18(20)23-12)14(16(13)33(21,29)30)17-25-27-28-26-17/h2-6,9,22H,7-8,19H2,1H3,(H3,20,23,24)(H2,21,29,30)(H,25,26,27,28)/t9-/m0/s1. The minimum absolute atomic E-state index is 0.00591. The molecular weight excluding hydrogens is 484 g/mol. The Morgan fingerprint density at radius 2 is 1.88 bits per heavy atom. The Labute approximate surface area is 194 Å². The number of nitrogen functional groups attached to an aromatic ring is 1. The lowest BCUT2D eigenvalue weighted by atomic mass is 9.98. The molecule has 0 amide bonds. The third-order valence-corrected chi connectivity index (χ3v) is 7.70. The first-order chi connectivity index (χ1) is 16.0. The highest BCUT2D eigenvalue weighted by Crippen LogP contribution is 2.40. The number of anilines is 1. The molecule has 9 N–H and O–H groups in total. The van der Waals surface area contributed by atoms with E-state index in [0.717, 1.165) is 6.07 Å². The summed E-state index contributed by atoms with van der Waals surface area (Å²) >= 11 is 0. The van der Waals surface area contributed by atoms with Crippen molar-refractivity contribution in [3.05, 3.63) is 30.3 Å². The number of imidazole rings is 1. The zero-order chi connectivity index (χ0) is 24.7. The van der Waals surface area contributed by atoms with Gasteiger partial charge in [-0.1, -0.05) is 25.1 Å². The summed E-state index contributed by atoms with van der Waals surface area (Å²) in [5.74, 6) is -0.217. The van der Waals surface area contributed by atoms with E-state index in [2.05, 4.69) is 35.3 Å². The highest BCUT2D eigenvalue weighted by atomic mass is 32.2. The van der Waals surface area contributed by atoms with Crippen molar-refractivity contribution in [2.75, 3.05) is 18.8 Å². The van der Waals surface area contributed by atoms with E-state index in [1.165, 1.54) is 6.07 Å². The Morgan fingerprint density at radius 1 is 1.12 bits per heavy atom. The number of tetrazole rings is 1. The zero-order valence-corrected chi connectivity index (χ0v) is 19.5. The molecule has 0 unspecified atom stereocenters. The predicted octanol–water partition coefficient (Wildman–Crippen LogP) is -0.487. The number of benzene rings is 2. The summed E-state index contributed by atoms with van der Waals surface area (Å²) in [6, 6.07) is 7.69. The number of rotatable bonds is 8. The smallest absolute Gasteiger partial charge is 0.241 e. The number of sulfonamides is 2. The third-order valence-electron chi connectivity index (χ3n) is 5.11. The van der Waals surface area contributed by atoms with Gasteiger partial charge >= 0.3 is 0 Å². The highest BCUT2D eigenvalue weighted by molar-refractivity contribution is 7.92. The molecule has 0 spiro atoms. The van der Waals surface area contributed by atoms with E-state index >= 15 is 0 Å². The number of nitrogens with zero attached hydrogens (tertiary/aromatic N) is 4. The lowest BCUT2D eigenvalue weighted by Crippen LogP contribution is -2.32. The lowest BCUT2D eigenvalue weighted by Gasteiger charge is -2.17. The Balaban J connectivity index is 2.06. The van der Waals surface area contributed by atoms with Gasteiger partial charge in [-0.05, 0) is 35.4 Å². The summed E-state index contributed by atoms with van der Waals surface area (Å²) in [7, 11) is -8.94. The van der Waals surface area contributed by atoms with E-state index in [1.807, 2.05) is 0 Å². The molecule has 0 bridgehead atoms. The Morgan fingerprint density at radius 3 is 2.53 bits per heavy atom. The summed E-state index contributed by atoms with van der Waals surface area (Å²) in [5, 5.41) is 19.1. The fraction of sp³-hybridized carbons (Fsp3) is 0.222. The lowest BCUT2D eigenvalue weighted by molar-refractivity contribution is 0.542. The highest BCUT2D eigenvalue weighted by Gasteiger charge is 2.32. The number of H-pyrrole nitrogens is 2. The second-order valence-electron chi connectivity index (χ2n) is 7.61. The van der Waals surface area contributed by atoms with Gasteiger partial charge in [-0.3, -0.25) is 0 Å². The first-order valence-corrected chi connectivity index (χ1v) is 12.9. The van der Waals surface area contributed by atoms with E-state index in [9.17, 15) is 16.8 Å². The molecule has 2 heterocycles. The Hall–Kier alpha value is -3.44. The number of hydrogen-bond acceptors (Lipinski definition) is 10. The van der Waals surface area contributed by atoms with E-state index < -0.39 is 29.8 Å². The van der Waals surface area contributed by atoms with Gasteiger partial charge in [0, 0.05) is 12.1 Å². The number of hydrogen-bond donors (Lipinski definition) is 6. The topological polar surface area (TPSA) is 242 Å². The van der Waals surface area contributed by atoms with Crippen LogP contribution in [-0.4, -0.2) is 60.5 Å². The van der Waals surface area contributed by atoms with Gasteiger partial charge < -0.3 is 16.5 Å². The quantitative estimate of drug-likeness (QED) is 0.179. The zero-order valence-electron chi connectivity index (χ0n) is 17.8. The minimum Gasteiger partial charge on any atom is -0.369 e. The number of fused-ring (bicyclic) bond motifs is 1. The Bertz CT molecular complexity index is 1560. The molecule has 0 aliphatic carbocycles. The largest absolute Gasteiger partial charge is 0.369 e. The second kappa shape index (κ2) is 8.73. The van der Waals surface area contributed by atoms with Crippen molar-refractivity contribution in [3.8, 4) is 22.5 Å². The van der Waals surface area contributed by atoms with Gasteiger partial charge in [-0.15, -0.1) is 10.2 Å². The number of primary sulfonamides is 1. The summed E-state index contributed by atoms with van der Waals surface area (Å²) in [6.07, 6.45) is 0. The van der Waals surface area contributed by atoms with Crippen LogP contribution >= 0.6 is 0 Å². The third kappa shape index (κ3) is 4.36. The maximum Gasteiger partial charge on any atom is 0.241 e. The first kappa shape index (κ1) is 23.7. The number of aromatic nitrogens is 6. The van der Waals surface area contributed by atoms with Crippen molar-refractivity contribution in [1.82, 2.24) is 35.3 Å². The van der Waals surface area contributed by atoms with E-state index in [-0.39, 0.29) is 41.9 Å². The second-order valence-corrected chi connectivity index (χ2v) is 10.8. The maximum atomic E-state index is 13.1. The molecule has 16 heteroatoms. The Kier molecular flexibility index (Phi) is 6.09. The van der Waals surface area contributed by atoms with Crippen LogP contribution in [0.3, 0.4) is 0 Å². The van der Waals surface area contributed by atoms with E-state index in [0.29, 0.717) is 16.6 Å². The summed E-state index contributed by atoms with van der Waals surface area (Å²) in [6.45, 7) is 1.97. The normalized spacial score (nSPS) is 13.4. The molecule has 1 atom stereocenters. The molecule has 0 fully saturated rings. The van der Waals surface area contributed by atoms with Crippen LogP contribution in [0.5, 0.6) is 0 Å². The minimum atomic E-state index is -4.61. The van der Waals surface area contributed by atoms with Gasteiger partial charge in [0.05, 0.1) is 16.6 Å². The van der Waals surface area contributed by atoms with Crippen LogP contribution in [0.1, 0.15) is 6.92 Å². The monoisotopic (exact) mass is 506 g/mol. The number of nitrogens with two attached hydrogens (primary N) is 3. The van der Waals surface area contributed by atoms with Crippen LogP contribution in [-0.2, 0) is 20.0 Å². The summed E-state index contributed by atoms with van der Waals surface area (Å²) in [5.41, 5.74) is 12.9. The first-order valence-electron chi connectivity index (χ1n) is 9.91. The average Bonchev–Trinajstić information content (AvgIpc) is 3.44. The number of para-hydroxylation sites is 1. The average molecular weight is 507 g/mol. The van der Waals surface area contributed by atoms with E-state index in [1.54, 1.807) is 25.1 Å². The van der Waals surface area contributed by atoms with Gasteiger partial charge in [0.1, 0.15) is 9.79 Å². The van der Waals surface area contributed by atoms with Crippen LogP contribution in [0.4, 0.5) is 5.95 Å². The van der Waals surface area contributed by atoms with Crippen molar-refractivity contribution < 1.29 is 16.8 Å². The molecule has 2 aromatic carbocycles. The molecule has 0 saturated carbocycles. The van der Waals surface area contributed by atoms with Crippen molar-refractivity contribution in [2.24, 2.45) is 16.8 Å². The molecule has 34 heavy (non-hydrogen) atoms. The van der Waals surface area contributed by atoms with Crippen LogP contribution in [0.25, 0.3) is 33.5 Å². The van der Waals surface area contributed by atoms with Crippen molar-refractivity contribution in [3.63, 3.8) is 0 Å². The molecule has 4 aromatic rings. The van der Waals surface area contributed by atoms with Gasteiger partial charge in [0.2, 0.25) is 25.9 Å². The van der Waals surface area contributed by atoms with Gasteiger partial charge in [-0.2, -0.15) is 5.21 Å². The van der Waals surface area contributed by atoms with Gasteiger partial charge in [-0.25, -0.2) is 31.7 Å². The molecule has 180 valence electrons. The number of aromatic amines is 2. The van der Waals surface area contributed by atoms with Crippen molar-refractivity contribution in [2.45, 2.75) is 16.7 Å². The van der Waals surface area contributed by atoms with Crippen LogP contribution in [0.2, 0.25) is 0 Å². The summed E-state index contributed by atoms with van der Waals surface area (Å²) < 4.78 is 54.2. The van der Waals surface area contributed by atoms with Crippen LogP contribution in [0.15, 0.2) is 40.1 Å².